The average molecular weight is 437 g/mol. The lowest BCUT2D eigenvalue weighted by molar-refractivity contribution is -0.146. The van der Waals surface area contributed by atoms with Crippen molar-refractivity contribution in [3.63, 3.8) is 0 Å². The van der Waals surface area contributed by atoms with Crippen molar-refractivity contribution in [1.82, 2.24) is 10.0 Å². The molecule has 6 N–H and O–H groups in total. The molecule has 0 aromatic heterocycles. The number of hydrogen-bond donors (Lipinski definition) is 6. The number of halogens is 2. The lowest BCUT2D eigenvalue weighted by atomic mass is 9.92. The molecule has 26 heavy (non-hydrogen) atoms. The maximum Gasteiger partial charge on any atom is 0.370 e. The molecule has 0 radical (unpaired) electrons. The van der Waals surface area contributed by atoms with Gasteiger partial charge in [-0.2, -0.15) is 0 Å². The number of ether oxygens (including phenoxy) is 1. The van der Waals surface area contributed by atoms with Crippen molar-refractivity contribution in [2.75, 3.05) is 6.61 Å². The molecular formula is C12H18Cl2N2O9S. The molecule has 0 aromatic rings. The summed E-state index contributed by atoms with van der Waals surface area (Å²) in [4.78, 5) is 22.7. The van der Waals surface area contributed by atoms with Gasteiger partial charge in [-0.05, 0) is 6.08 Å². The number of amides is 1. The molecule has 0 aromatic carbocycles. The third kappa shape index (κ3) is 5.67. The van der Waals surface area contributed by atoms with E-state index in [4.69, 9.17) is 38.2 Å². The maximum absolute atomic E-state index is 11.9. The Balaban J connectivity index is 3.36. The van der Waals surface area contributed by atoms with Crippen LogP contribution in [0.2, 0.25) is 0 Å². The van der Waals surface area contributed by atoms with Crippen LogP contribution in [0.3, 0.4) is 0 Å². The number of aliphatic hydroxyl groups is 3. The van der Waals surface area contributed by atoms with Crippen LogP contribution in [0.4, 0.5) is 0 Å². The van der Waals surface area contributed by atoms with Gasteiger partial charge in [0.15, 0.2) is 0 Å². The number of rotatable bonds is 8. The van der Waals surface area contributed by atoms with Crippen LogP contribution in [-0.2, 0) is 24.3 Å². The largest absolute Gasteiger partial charge is 0.478 e. The van der Waals surface area contributed by atoms with E-state index in [0.29, 0.717) is 0 Å². The first kappa shape index (κ1) is 22.9. The zero-order valence-corrected chi connectivity index (χ0v) is 15.6. The van der Waals surface area contributed by atoms with Crippen LogP contribution in [0, 0.1) is 0 Å². The van der Waals surface area contributed by atoms with Crippen LogP contribution in [-0.4, -0.2) is 81.9 Å². The minimum absolute atomic E-state index is 0.668. The van der Waals surface area contributed by atoms with Crippen molar-refractivity contribution in [1.29, 1.82) is 0 Å². The number of nitrogens with one attached hydrogen (secondary N) is 2. The molecule has 1 amide bonds. The molecule has 11 nitrogen and oxygen atoms in total. The maximum atomic E-state index is 11.9. The highest BCUT2D eigenvalue weighted by Crippen LogP contribution is 2.24. The number of hydrogen-bond acceptors (Lipinski definition) is 8. The molecule has 0 spiro atoms. The predicted octanol–water partition coefficient (Wildman–Crippen LogP) is -2.38. The molecule has 0 saturated heterocycles. The third-order valence-corrected chi connectivity index (χ3v) is 5.85. The van der Waals surface area contributed by atoms with Gasteiger partial charge in [-0.1, -0.05) is 23.2 Å². The number of carbonyl (C=O) groups excluding carboxylic acids is 1. The van der Waals surface area contributed by atoms with E-state index in [1.807, 2.05) is 4.72 Å². The molecule has 0 aliphatic carbocycles. The Kier molecular flexibility index (Phi) is 8.07. The predicted molar refractivity (Wildman–Crippen MR) is 88.6 cm³/mol. The molecule has 14 heteroatoms. The molecule has 1 aliphatic heterocycles. The second kappa shape index (κ2) is 9.17. The highest BCUT2D eigenvalue weighted by Gasteiger charge is 2.45. The van der Waals surface area contributed by atoms with Crippen molar-refractivity contribution in [2.24, 2.45) is 0 Å². The van der Waals surface area contributed by atoms with Gasteiger partial charge < -0.3 is 30.5 Å². The summed E-state index contributed by atoms with van der Waals surface area (Å²) in [5.41, 5.74) is 0. The summed E-state index contributed by atoms with van der Waals surface area (Å²) in [5.74, 6) is -3.02. The van der Waals surface area contributed by atoms with Crippen LogP contribution in [0.25, 0.3) is 0 Å². The van der Waals surface area contributed by atoms with E-state index < -0.39 is 68.8 Å². The van der Waals surface area contributed by atoms with Crippen LogP contribution in [0.5, 0.6) is 0 Å². The van der Waals surface area contributed by atoms with Gasteiger partial charge in [0.2, 0.25) is 25.9 Å². The summed E-state index contributed by atoms with van der Waals surface area (Å²) in [6.07, 6.45) is -4.40. The van der Waals surface area contributed by atoms with Crippen LogP contribution in [0.15, 0.2) is 11.8 Å². The second-order valence-corrected chi connectivity index (χ2v) is 8.75. The van der Waals surface area contributed by atoms with E-state index in [-0.39, 0.29) is 0 Å². The number of alkyl halides is 2. The molecule has 150 valence electrons. The fraction of sp³-hybridized carbons (Fsp3) is 0.667. The van der Waals surface area contributed by atoms with E-state index >= 15 is 0 Å². The van der Waals surface area contributed by atoms with Crippen LogP contribution >= 0.6 is 23.2 Å². The van der Waals surface area contributed by atoms with E-state index in [1.54, 1.807) is 0 Å². The number of aliphatic carboxylic acids is 1. The topological polar surface area (TPSA) is 182 Å². The smallest absolute Gasteiger partial charge is 0.370 e. The van der Waals surface area contributed by atoms with Gasteiger partial charge in [-0.3, -0.25) is 4.79 Å². The summed E-state index contributed by atoms with van der Waals surface area (Å²) < 4.78 is 29.0. The van der Waals surface area contributed by atoms with Gasteiger partial charge in [0.1, 0.15) is 18.3 Å². The number of carbonyl (C=O) groups is 2. The summed E-state index contributed by atoms with van der Waals surface area (Å²) in [6, 6.07) is -2.79. The molecule has 5 atom stereocenters. The summed E-state index contributed by atoms with van der Waals surface area (Å²) in [6.45, 7) is 0.182. The van der Waals surface area contributed by atoms with Gasteiger partial charge >= 0.3 is 5.97 Å². The Hall–Kier alpha value is -1.15. The van der Waals surface area contributed by atoms with E-state index in [0.717, 1.165) is 13.0 Å². The van der Waals surface area contributed by atoms with E-state index in [2.05, 4.69) is 5.32 Å². The van der Waals surface area contributed by atoms with Gasteiger partial charge in [-0.25, -0.2) is 17.9 Å². The van der Waals surface area contributed by atoms with Gasteiger partial charge in [-0.15, -0.1) is 0 Å². The lowest BCUT2D eigenvalue weighted by Gasteiger charge is -2.39. The number of carboxylic acids is 1. The highest BCUT2D eigenvalue weighted by molar-refractivity contribution is 7.92. The Morgan fingerprint density at radius 1 is 1.35 bits per heavy atom. The van der Waals surface area contributed by atoms with Crippen molar-refractivity contribution in [3.8, 4) is 0 Å². The Bertz CT molecular complexity index is 670. The first-order chi connectivity index (χ1) is 11.9. The van der Waals surface area contributed by atoms with Crippen molar-refractivity contribution in [2.45, 2.75) is 41.5 Å². The molecular weight excluding hydrogens is 419 g/mol. The first-order valence-electron chi connectivity index (χ1n) is 7.05. The van der Waals surface area contributed by atoms with Crippen molar-refractivity contribution in [3.05, 3.63) is 11.8 Å². The van der Waals surface area contributed by atoms with Crippen LogP contribution in [0.1, 0.15) is 6.92 Å². The molecule has 0 unspecified atom stereocenters. The zero-order valence-electron chi connectivity index (χ0n) is 13.2. The summed E-state index contributed by atoms with van der Waals surface area (Å²) in [7, 11) is -4.35. The number of carboxylic acid groups (broad SMARTS) is 1. The van der Waals surface area contributed by atoms with E-state index in [1.165, 1.54) is 0 Å². The highest BCUT2D eigenvalue weighted by atomic mass is 35.5. The normalized spacial score (nSPS) is 25.8. The Morgan fingerprint density at radius 2 is 1.92 bits per heavy atom. The fourth-order valence-electron chi connectivity index (χ4n) is 2.22. The molecule has 0 saturated carbocycles. The number of aliphatic hydroxyl groups excluding tert-OH is 3. The van der Waals surface area contributed by atoms with Crippen molar-refractivity contribution >= 4 is 45.1 Å². The molecule has 1 heterocycles. The monoisotopic (exact) mass is 436 g/mol. The molecule has 1 rings (SSSR count). The SMILES string of the molecule is CC(=O)N[C@H]1[C@H]([C@H](O)[C@H](O)CO)OC(C(=O)O)=C[C@@H]1NS(=O)(=O)C(Cl)Cl. The Labute approximate surface area is 158 Å². The third-order valence-electron chi connectivity index (χ3n) is 3.37. The average Bonchev–Trinajstić information content (AvgIpc) is 2.53. The van der Waals surface area contributed by atoms with Gasteiger partial charge in [0.25, 0.3) is 0 Å². The van der Waals surface area contributed by atoms with Gasteiger partial charge in [0.05, 0.1) is 18.7 Å². The second-order valence-electron chi connectivity index (χ2n) is 5.33. The van der Waals surface area contributed by atoms with Crippen molar-refractivity contribution < 1.29 is 43.2 Å². The molecule has 0 bridgehead atoms. The first-order valence-corrected chi connectivity index (χ1v) is 9.47. The lowest BCUT2D eigenvalue weighted by Crippen LogP contribution is -2.63. The quantitative estimate of drug-likeness (QED) is 0.226. The molecule has 1 aliphatic rings. The van der Waals surface area contributed by atoms with E-state index in [9.17, 15) is 28.2 Å². The summed E-state index contributed by atoms with van der Waals surface area (Å²) >= 11 is 10.7. The minimum atomic E-state index is -4.35. The standard InChI is InChI=1S/C12H18Cl2N2O9S/c1-4(18)15-8-5(16-26(23,24)12(13)14)2-7(11(21)22)25-10(8)9(20)6(19)3-17/h2,5-6,8-10,12,16-17,19-20H,3H2,1H3,(H,15,18)(H,21,22)/t5-,6+,8+,9+,10+/m0/s1. The van der Waals surface area contributed by atoms with Crippen LogP contribution < -0.4 is 10.0 Å². The fourth-order valence-corrected chi connectivity index (χ4v) is 3.22. The zero-order chi connectivity index (χ0) is 20.2. The number of sulfonamides is 1. The summed E-state index contributed by atoms with van der Waals surface area (Å²) in [5, 5.41) is 40.1. The Morgan fingerprint density at radius 3 is 2.35 bits per heavy atom. The minimum Gasteiger partial charge on any atom is -0.478 e. The molecule has 0 fully saturated rings. The van der Waals surface area contributed by atoms with Gasteiger partial charge in [0, 0.05) is 6.92 Å².